The number of sulfonamides is 1. The second-order valence-electron chi connectivity index (χ2n) is 5.09. The minimum absolute atomic E-state index is 0.00760. The molecule has 0 amide bonds. The van der Waals surface area contributed by atoms with Crippen LogP contribution in [-0.2, 0) is 16.2 Å². The quantitative estimate of drug-likeness (QED) is 0.631. The molecule has 0 unspecified atom stereocenters. The van der Waals surface area contributed by atoms with Crippen molar-refractivity contribution < 1.29 is 21.6 Å². The molecule has 1 aromatic carbocycles. The molecule has 0 spiro atoms. The van der Waals surface area contributed by atoms with Crippen LogP contribution in [0.15, 0.2) is 33.9 Å². The summed E-state index contributed by atoms with van der Waals surface area (Å²) in [7, 11) is -4.41. The maximum Gasteiger partial charge on any atom is 0.433 e. The van der Waals surface area contributed by atoms with Crippen molar-refractivity contribution in [1.82, 2.24) is 19.6 Å². The van der Waals surface area contributed by atoms with E-state index in [4.69, 9.17) is 11.6 Å². The van der Waals surface area contributed by atoms with E-state index < -0.39 is 32.8 Å². The van der Waals surface area contributed by atoms with Crippen molar-refractivity contribution >= 4 is 49.0 Å². The molecule has 26 heavy (non-hydrogen) atoms. The van der Waals surface area contributed by atoms with Gasteiger partial charge in [-0.15, -0.1) is 5.10 Å². The Morgan fingerprint density at radius 3 is 2.58 bits per heavy atom. The first-order valence-electron chi connectivity index (χ1n) is 6.77. The Morgan fingerprint density at radius 2 is 1.96 bits per heavy atom. The number of para-hydroxylation sites is 1. The zero-order valence-corrected chi connectivity index (χ0v) is 15.9. The summed E-state index contributed by atoms with van der Waals surface area (Å²) in [6.07, 6.45) is -4.76. The first-order valence-corrected chi connectivity index (χ1v) is 9.43. The van der Waals surface area contributed by atoms with Gasteiger partial charge in [-0.05, 0) is 41.1 Å². The molecule has 1 N–H and O–H groups in total. The van der Waals surface area contributed by atoms with E-state index in [0.29, 0.717) is 8.99 Å². The van der Waals surface area contributed by atoms with E-state index in [9.17, 15) is 21.6 Å². The third-order valence-corrected chi connectivity index (χ3v) is 5.25. The summed E-state index contributed by atoms with van der Waals surface area (Å²) in [5.41, 5.74) is -1.16. The summed E-state index contributed by atoms with van der Waals surface area (Å²) >= 11 is 9.08. The van der Waals surface area contributed by atoms with Crippen molar-refractivity contribution in [3.05, 3.63) is 45.1 Å². The Balaban J connectivity index is 2.13. The number of aryl methyl sites for hydroxylation is 1. The maximum atomic E-state index is 13.2. The molecule has 2 aromatic heterocycles. The average Bonchev–Trinajstić information content (AvgIpc) is 2.94. The summed E-state index contributed by atoms with van der Waals surface area (Å²) in [6, 6.07) is 5.30. The molecule has 7 nitrogen and oxygen atoms in total. The third-order valence-electron chi connectivity index (χ3n) is 3.15. The fraction of sp³-hybridized carbons (Fsp3) is 0.154. The Labute approximate surface area is 158 Å². The summed E-state index contributed by atoms with van der Waals surface area (Å²) in [5, 5.41) is 2.67. The summed E-state index contributed by atoms with van der Waals surface area (Å²) in [4.78, 5) is 7.39. The van der Waals surface area contributed by atoms with Gasteiger partial charge in [0.1, 0.15) is 0 Å². The molecular weight excluding hydrogens is 463 g/mol. The highest BCUT2D eigenvalue weighted by molar-refractivity contribution is 9.10. The monoisotopic (exact) mass is 469 g/mol. The van der Waals surface area contributed by atoms with Crippen LogP contribution >= 0.6 is 27.5 Å². The van der Waals surface area contributed by atoms with Crippen molar-refractivity contribution in [1.29, 1.82) is 0 Å². The Bertz CT molecular complexity index is 1100. The van der Waals surface area contributed by atoms with Crippen molar-refractivity contribution in [2.24, 2.45) is 0 Å². The van der Waals surface area contributed by atoms with Crippen LogP contribution in [0.25, 0.3) is 5.78 Å². The number of fused-ring (bicyclic) bond motifs is 1. The second kappa shape index (κ2) is 6.35. The van der Waals surface area contributed by atoms with Crippen molar-refractivity contribution in [3.63, 3.8) is 0 Å². The first kappa shape index (κ1) is 18.9. The Kier molecular flexibility index (Phi) is 4.61. The van der Waals surface area contributed by atoms with E-state index in [1.807, 2.05) is 0 Å². The van der Waals surface area contributed by atoms with Crippen LogP contribution in [-0.4, -0.2) is 28.0 Å². The van der Waals surface area contributed by atoms with E-state index in [0.717, 1.165) is 6.07 Å². The Morgan fingerprint density at radius 1 is 1.27 bits per heavy atom. The van der Waals surface area contributed by atoms with Crippen LogP contribution in [0.3, 0.4) is 0 Å². The van der Waals surface area contributed by atoms with Gasteiger partial charge in [0.15, 0.2) is 5.69 Å². The van der Waals surface area contributed by atoms with Gasteiger partial charge in [-0.3, -0.25) is 4.72 Å². The van der Waals surface area contributed by atoms with Crippen molar-refractivity contribution in [3.8, 4) is 0 Å². The molecule has 0 aliphatic heterocycles. The van der Waals surface area contributed by atoms with Crippen LogP contribution < -0.4 is 4.72 Å². The molecule has 3 rings (SSSR count). The van der Waals surface area contributed by atoms with Gasteiger partial charge < -0.3 is 0 Å². The minimum Gasteiger partial charge on any atom is -0.274 e. The first-order chi connectivity index (χ1) is 12.0. The molecule has 0 saturated carbocycles. The lowest BCUT2D eigenvalue weighted by Gasteiger charge is -2.09. The van der Waals surface area contributed by atoms with E-state index in [-0.39, 0.29) is 16.4 Å². The standard InChI is InChI=1S/C13H8BrClF3N5O2S/c1-6-5-9(13(16,17)18)23-11(19-6)20-12(21-23)26(24,25)22-10-7(14)3-2-4-8(10)15/h2-5,22H,1H3. The number of nitrogens with one attached hydrogen (secondary N) is 1. The van der Waals surface area contributed by atoms with E-state index in [2.05, 4.69) is 35.7 Å². The van der Waals surface area contributed by atoms with E-state index >= 15 is 0 Å². The molecule has 0 fully saturated rings. The number of hydrogen-bond donors (Lipinski definition) is 1. The molecule has 0 bridgehead atoms. The number of aromatic nitrogens is 4. The Hall–Kier alpha value is -1.92. The zero-order valence-electron chi connectivity index (χ0n) is 12.7. The number of anilines is 1. The van der Waals surface area contributed by atoms with Crippen LogP contribution in [0.1, 0.15) is 11.4 Å². The largest absolute Gasteiger partial charge is 0.433 e. The van der Waals surface area contributed by atoms with Gasteiger partial charge >= 0.3 is 6.18 Å². The molecule has 13 heteroatoms. The van der Waals surface area contributed by atoms with Crippen LogP contribution in [0.4, 0.5) is 18.9 Å². The second-order valence-corrected chi connectivity index (χ2v) is 7.93. The van der Waals surface area contributed by atoms with Crippen molar-refractivity contribution in [2.45, 2.75) is 18.3 Å². The number of halogens is 5. The van der Waals surface area contributed by atoms with Crippen LogP contribution in [0, 0.1) is 6.92 Å². The number of rotatable bonds is 3. The molecule has 0 aliphatic rings. The molecule has 0 aliphatic carbocycles. The number of benzene rings is 1. The highest BCUT2D eigenvalue weighted by Gasteiger charge is 2.36. The van der Waals surface area contributed by atoms with Gasteiger partial charge in [0, 0.05) is 10.2 Å². The van der Waals surface area contributed by atoms with Gasteiger partial charge in [0.2, 0.25) is 0 Å². The average molecular weight is 471 g/mol. The predicted molar refractivity (Wildman–Crippen MR) is 90.5 cm³/mol. The lowest BCUT2D eigenvalue weighted by Crippen LogP contribution is -2.16. The van der Waals surface area contributed by atoms with Crippen LogP contribution in [0.5, 0.6) is 0 Å². The highest BCUT2D eigenvalue weighted by atomic mass is 79.9. The number of hydrogen-bond acceptors (Lipinski definition) is 5. The van der Waals surface area contributed by atoms with Gasteiger partial charge in [-0.1, -0.05) is 17.7 Å². The van der Waals surface area contributed by atoms with E-state index in [1.165, 1.54) is 19.1 Å². The highest BCUT2D eigenvalue weighted by Crippen LogP contribution is 2.32. The molecule has 138 valence electrons. The molecular formula is C13H8BrClF3N5O2S. The van der Waals surface area contributed by atoms with Crippen LogP contribution in [0.2, 0.25) is 5.02 Å². The van der Waals surface area contributed by atoms with Gasteiger partial charge in [0.25, 0.3) is 21.0 Å². The summed E-state index contributed by atoms with van der Waals surface area (Å²) in [6.45, 7) is 1.33. The third kappa shape index (κ3) is 3.48. The lowest BCUT2D eigenvalue weighted by molar-refractivity contribution is -0.142. The summed E-state index contributed by atoms with van der Waals surface area (Å²) < 4.78 is 67.2. The molecule has 0 radical (unpaired) electrons. The molecule has 0 saturated heterocycles. The molecule has 0 atom stereocenters. The number of alkyl halides is 3. The van der Waals surface area contributed by atoms with Gasteiger partial charge in [-0.25, -0.2) is 4.98 Å². The maximum absolute atomic E-state index is 13.2. The number of nitrogens with zero attached hydrogens (tertiary/aromatic N) is 4. The smallest absolute Gasteiger partial charge is 0.274 e. The molecule has 3 aromatic rings. The normalized spacial score (nSPS) is 12.5. The van der Waals surface area contributed by atoms with E-state index in [1.54, 1.807) is 6.07 Å². The minimum atomic E-state index is -4.76. The molecule has 2 heterocycles. The lowest BCUT2D eigenvalue weighted by atomic mass is 10.3. The fourth-order valence-corrected chi connectivity index (χ4v) is 4.02. The zero-order chi connectivity index (χ0) is 19.3. The SMILES string of the molecule is Cc1cc(C(F)(F)F)n2nc(S(=O)(=O)Nc3c(Cl)cccc3Br)nc2n1. The van der Waals surface area contributed by atoms with Gasteiger partial charge in [0.05, 0.1) is 10.7 Å². The topological polar surface area (TPSA) is 89.3 Å². The summed E-state index contributed by atoms with van der Waals surface area (Å²) in [5.74, 6) is -0.490. The fourth-order valence-electron chi connectivity index (χ4n) is 2.06. The van der Waals surface area contributed by atoms with Gasteiger partial charge in [-0.2, -0.15) is 31.1 Å². The van der Waals surface area contributed by atoms with Crippen molar-refractivity contribution in [2.75, 3.05) is 4.72 Å². The predicted octanol–water partition coefficient (Wildman–Crippen LogP) is 3.67.